The predicted octanol–water partition coefficient (Wildman–Crippen LogP) is 20.8. The second-order valence-electron chi connectivity index (χ2n) is 19.5. The van der Waals surface area contributed by atoms with Crippen LogP contribution in [-0.4, -0.2) is 37.2 Å². The molecule has 0 N–H and O–H groups in total. The quantitative estimate of drug-likeness (QED) is 0.0261. The minimum Gasteiger partial charge on any atom is -0.462 e. The lowest BCUT2D eigenvalue weighted by atomic mass is 10.1. The molecule has 75 heavy (non-hydrogen) atoms. The number of carbonyl (C=O) groups excluding carboxylic acids is 3. The van der Waals surface area contributed by atoms with Crippen molar-refractivity contribution in [2.45, 2.75) is 258 Å². The lowest BCUT2D eigenvalue weighted by molar-refractivity contribution is -0.167. The SMILES string of the molecule is CC/C=C\C/C=C\C/C=C\C/C=C\C/C=C\CCCCCC(=O)OCC(COC(=O)CCCCCCCCCCC/C=C\C/C=C\CCCCC)OC(=O)CCCCC/C=C\C/C=C\C/C=C\C/C=C\C/C=C\CC. The Morgan fingerprint density at radius 1 is 0.280 bits per heavy atom. The number of allylic oxidation sites excluding steroid dienone is 24. The maximum absolute atomic E-state index is 12.9. The van der Waals surface area contributed by atoms with E-state index in [1.165, 1.54) is 70.6 Å². The summed E-state index contributed by atoms with van der Waals surface area (Å²) >= 11 is 0. The molecule has 0 heterocycles. The fourth-order valence-electron chi connectivity index (χ4n) is 7.82. The number of hydrogen-bond donors (Lipinski definition) is 0. The van der Waals surface area contributed by atoms with E-state index in [1.54, 1.807) is 0 Å². The van der Waals surface area contributed by atoms with E-state index >= 15 is 0 Å². The maximum Gasteiger partial charge on any atom is 0.306 e. The lowest BCUT2D eigenvalue weighted by Crippen LogP contribution is -2.30. The number of hydrogen-bond acceptors (Lipinski definition) is 6. The highest BCUT2D eigenvalue weighted by atomic mass is 16.6. The van der Waals surface area contributed by atoms with Gasteiger partial charge in [0.15, 0.2) is 6.10 Å². The standard InChI is InChI=1S/C69H110O6/c1-4-7-10-13-16-19-22-25-28-31-34-37-40-43-46-49-52-55-58-61-67(70)73-64-66(75-69(72)63-60-57-54-51-48-45-42-39-36-33-30-27-24-21-18-15-12-9-6-3)65-74-68(71)62-59-56-53-50-47-44-41-38-35-32-29-26-23-20-17-14-11-8-5-2/h7,9-10,12,16-21,25-30,34,36-37,39,43,45-46,48,66H,4-6,8,11,13-15,22-24,31-33,35,38,40-42,44,47,49-65H2,1-3H3/b10-7-,12-9-,19-16-,20-17-,21-18-,28-25-,29-26-,30-27-,37-34-,39-36-,46-43-,48-45-. The van der Waals surface area contributed by atoms with Gasteiger partial charge < -0.3 is 14.2 Å². The van der Waals surface area contributed by atoms with Gasteiger partial charge in [0.2, 0.25) is 0 Å². The van der Waals surface area contributed by atoms with Gasteiger partial charge in [-0.2, -0.15) is 0 Å². The molecule has 6 heteroatoms. The average molecular weight is 1040 g/mol. The van der Waals surface area contributed by atoms with E-state index in [1.807, 2.05) is 0 Å². The predicted molar refractivity (Wildman–Crippen MR) is 325 cm³/mol. The summed E-state index contributed by atoms with van der Waals surface area (Å²) in [6, 6.07) is 0. The summed E-state index contributed by atoms with van der Waals surface area (Å²) in [7, 11) is 0. The van der Waals surface area contributed by atoms with E-state index < -0.39 is 6.10 Å². The Labute approximate surface area is 461 Å². The lowest BCUT2D eigenvalue weighted by Gasteiger charge is -2.18. The molecular weight excluding hydrogens is 925 g/mol. The van der Waals surface area contributed by atoms with Gasteiger partial charge in [-0.05, 0) is 141 Å². The first-order valence-electron chi connectivity index (χ1n) is 30.3. The highest BCUT2D eigenvalue weighted by Gasteiger charge is 2.19. The molecule has 0 aromatic rings. The third-order valence-corrected chi connectivity index (χ3v) is 12.3. The van der Waals surface area contributed by atoms with Crippen LogP contribution in [0.15, 0.2) is 146 Å². The number of rotatable bonds is 53. The number of ether oxygens (including phenoxy) is 3. The zero-order valence-electron chi connectivity index (χ0n) is 48.3. The van der Waals surface area contributed by atoms with Gasteiger partial charge in [-0.15, -0.1) is 0 Å². The van der Waals surface area contributed by atoms with Crippen molar-refractivity contribution in [3.63, 3.8) is 0 Å². The molecule has 1 atom stereocenters. The zero-order chi connectivity index (χ0) is 54.3. The molecule has 422 valence electrons. The monoisotopic (exact) mass is 1030 g/mol. The van der Waals surface area contributed by atoms with Crippen LogP contribution in [-0.2, 0) is 28.6 Å². The summed E-state index contributed by atoms with van der Waals surface area (Å²) in [5.41, 5.74) is 0. The fraction of sp³-hybridized carbons (Fsp3) is 0.609. The molecule has 0 rings (SSSR count). The van der Waals surface area contributed by atoms with Gasteiger partial charge in [-0.3, -0.25) is 14.4 Å². The van der Waals surface area contributed by atoms with Crippen molar-refractivity contribution in [2.75, 3.05) is 13.2 Å². The molecule has 0 aliphatic heterocycles. The third kappa shape index (κ3) is 60.0. The second kappa shape index (κ2) is 61.8. The molecule has 1 unspecified atom stereocenters. The van der Waals surface area contributed by atoms with Crippen LogP contribution in [0.3, 0.4) is 0 Å². The first kappa shape index (κ1) is 70.3. The molecular formula is C69H110O6. The number of esters is 3. The highest BCUT2D eigenvalue weighted by Crippen LogP contribution is 2.14. The number of unbranched alkanes of at least 4 members (excludes halogenated alkanes) is 18. The van der Waals surface area contributed by atoms with Gasteiger partial charge in [-0.1, -0.05) is 237 Å². The minimum absolute atomic E-state index is 0.110. The van der Waals surface area contributed by atoms with Crippen molar-refractivity contribution in [1.29, 1.82) is 0 Å². The Kier molecular flexibility index (Phi) is 58.0. The molecule has 0 spiro atoms. The van der Waals surface area contributed by atoms with Crippen LogP contribution in [0.1, 0.15) is 252 Å². The molecule has 0 aliphatic carbocycles. The second-order valence-corrected chi connectivity index (χ2v) is 19.5. The van der Waals surface area contributed by atoms with Crippen molar-refractivity contribution in [1.82, 2.24) is 0 Å². The minimum atomic E-state index is -0.819. The van der Waals surface area contributed by atoms with Crippen LogP contribution in [0.2, 0.25) is 0 Å². The molecule has 0 saturated heterocycles. The zero-order valence-corrected chi connectivity index (χ0v) is 48.3. The largest absolute Gasteiger partial charge is 0.462 e. The molecule has 6 nitrogen and oxygen atoms in total. The average Bonchev–Trinajstić information content (AvgIpc) is 3.41. The van der Waals surface area contributed by atoms with E-state index in [2.05, 4.69) is 167 Å². The van der Waals surface area contributed by atoms with E-state index in [0.29, 0.717) is 19.3 Å². The van der Waals surface area contributed by atoms with E-state index in [0.717, 1.165) is 135 Å². The van der Waals surface area contributed by atoms with Gasteiger partial charge in [0, 0.05) is 19.3 Å². The molecule has 0 amide bonds. The first-order chi connectivity index (χ1) is 37.0. The third-order valence-electron chi connectivity index (χ3n) is 12.3. The van der Waals surface area contributed by atoms with Crippen LogP contribution in [0.5, 0.6) is 0 Å². The van der Waals surface area contributed by atoms with Crippen LogP contribution in [0, 0.1) is 0 Å². The van der Waals surface area contributed by atoms with Crippen LogP contribution in [0.25, 0.3) is 0 Å². The summed E-state index contributed by atoms with van der Waals surface area (Å²) in [6.45, 7) is 6.33. The van der Waals surface area contributed by atoms with E-state index in [-0.39, 0.29) is 37.5 Å². The van der Waals surface area contributed by atoms with Gasteiger partial charge >= 0.3 is 17.9 Å². The Bertz CT molecular complexity index is 1660. The molecule has 0 aromatic carbocycles. The topological polar surface area (TPSA) is 78.9 Å². The summed E-state index contributed by atoms with van der Waals surface area (Å²) in [5, 5.41) is 0. The van der Waals surface area contributed by atoms with Gasteiger partial charge in [0.1, 0.15) is 13.2 Å². The van der Waals surface area contributed by atoms with Crippen LogP contribution < -0.4 is 0 Å². The Morgan fingerprint density at radius 2 is 0.520 bits per heavy atom. The highest BCUT2D eigenvalue weighted by molar-refractivity contribution is 5.71. The van der Waals surface area contributed by atoms with Gasteiger partial charge in [0.25, 0.3) is 0 Å². The van der Waals surface area contributed by atoms with E-state index in [9.17, 15) is 14.4 Å². The first-order valence-corrected chi connectivity index (χ1v) is 30.3. The van der Waals surface area contributed by atoms with Gasteiger partial charge in [0.05, 0.1) is 0 Å². The molecule has 0 aliphatic rings. The fourth-order valence-corrected chi connectivity index (χ4v) is 7.82. The Balaban J connectivity index is 4.54. The van der Waals surface area contributed by atoms with Crippen molar-refractivity contribution < 1.29 is 28.6 Å². The normalized spacial score (nSPS) is 13.2. The maximum atomic E-state index is 12.9. The van der Waals surface area contributed by atoms with E-state index in [4.69, 9.17) is 14.2 Å². The molecule has 0 saturated carbocycles. The molecule has 0 aromatic heterocycles. The van der Waals surface area contributed by atoms with Crippen molar-refractivity contribution in [3.8, 4) is 0 Å². The smallest absolute Gasteiger partial charge is 0.306 e. The molecule has 0 radical (unpaired) electrons. The molecule has 0 bridgehead atoms. The van der Waals surface area contributed by atoms with Crippen molar-refractivity contribution >= 4 is 17.9 Å². The number of carbonyl (C=O) groups is 3. The summed E-state index contributed by atoms with van der Waals surface area (Å²) in [4.78, 5) is 38.3. The van der Waals surface area contributed by atoms with Crippen molar-refractivity contribution in [2.24, 2.45) is 0 Å². The summed E-state index contributed by atoms with van der Waals surface area (Å²) < 4.78 is 16.9. The van der Waals surface area contributed by atoms with Crippen LogP contribution >= 0.6 is 0 Å². The van der Waals surface area contributed by atoms with Crippen molar-refractivity contribution in [3.05, 3.63) is 146 Å². The van der Waals surface area contributed by atoms with Crippen LogP contribution in [0.4, 0.5) is 0 Å². The Morgan fingerprint density at radius 3 is 0.827 bits per heavy atom. The van der Waals surface area contributed by atoms with Gasteiger partial charge in [-0.25, -0.2) is 0 Å². The summed E-state index contributed by atoms with van der Waals surface area (Å²) in [5.74, 6) is -0.983. The summed E-state index contributed by atoms with van der Waals surface area (Å²) in [6.07, 6.45) is 88.3. The Hall–Kier alpha value is -4.71. The molecule has 0 fully saturated rings.